The van der Waals surface area contributed by atoms with Crippen molar-refractivity contribution >= 4 is 50.1 Å². The second-order valence-electron chi connectivity index (χ2n) is 9.63. The summed E-state index contributed by atoms with van der Waals surface area (Å²) < 4.78 is 27.6. The van der Waals surface area contributed by atoms with E-state index in [1.165, 1.54) is 4.90 Å². The number of halogens is 1. The first-order valence-electron chi connectivity index (χ1n) is 12.4. The summed E-state index contributed by atoms with van der Waals surface area (Å²) in [6, 6.07) is 23.2. The minimum absolute atomic E-state index is 0.129. The van der Waals surface area contributed by atoms with Gasteiger partial charge in [0.05, 0.1) is 11.9 Å². The lowest BCUT2D eigenvalue weighted by atomic mass is 10.0. The number of hydrogen-bond acceptors (Lipinski definition) is 4. The SMILES string of the molecule is Cc1cccc(CN(C(=O)CN(c2ccc(I)cc2)S(C)(=O)=O)[C@@H](Cc2ccccc2)C(=O)NC(C)C)c1. The van der Waals surface area contributed by atoms with E-state index in [0.717, 1.165) is 30.8 Å². The van der Waals surface area contributed by atoms with Gasteiger partial charge in [-0.15, -0.1) is 0 Å². The smallest absolute Gasteiger partial charge is 0.244 e. The number of amides is 2. The van der Waals surface area contributed by atoms with Gasteiger partial charge in [-0.2, -0.15) is 0 Å². The van der Waals surface area contributed by atoms with Crippen LogP contribution in [0.3, 0.4) is 0 Å². The van der Waals surface area contributed by atoms with Crippen LogP contribution in [0.2, 0.25) is 0 Å². The Hall–Kier alpha value is -2.92. The standard InChI is InChI=1S/C29H34IN3O4S/c1-21(2)31-29(35)27(18-23-10-6-5-7-11-23)32(19-24-12-8-9-22(3)17-24)28(34)20-33(38(4,36)37)26-15-13-25(30)14-16-26/h5-17,21,27H,18-20H2,1-4H3,(H,31,35)/t27-/m0/s1. The predicted molar refractivity (Wildman–Crippen MR) is 160 cm³/mol. The van der Waals surface area contributed by atoms with Gasteiger partial charge >= 0.3 is 0 Å². The van der Waals surface area contributed by atoms with Crippen LogP contribution in [0.25, 0.3) is 0 Å². The average Bonchev–Trinajstić information content (AvgIpc) is 2.85. The monoisotopic (exact) mass is 647 g/mol. The first-order chi connectivity index (χ1) is 17.9. The van der Waals surface area contributed by atoms with E-state index < -0.39 is 28.5 Å². The molecule has 0 spiro atoms. The maximum absolute atomic E-state index is 14.0. The molecule has 0 heterocycles. The molecule has 0 aliphatic carbocycles. The summed E-state index contributed by atoms with van der Waals surface area (Å²) in [5, 5.41) is 2.95. The fourth-order valence-electron chi connectivity index (χ4n) is 4.16. The first-order valence-corrected chi connectivity index (χ1v) is 15.3. The second kappa shape index (κ2) is 13.2. The summed E-state index contributed by atoms with van der Waals surface area (Å²) in [6.07, 6.45) is 1.37. The first kappa shape index (κ1) is 29.6. The molecule has 0 radical (unpaired) electrons. The highest BCUT2D eigenvalue weighted by atomic mass is 127. The zero-order valence-electron chi connectivity index (χ0n) is 22.1. The van der Waals surface area contributed by atoms with Gasteiger partial charge in [0.25, 0.3) is 0 Å². The highest BCUT2D eigenvalue weighted by Gasteiger charge is 2.33. The molecule has 0 aliphatic heterocycles. The summed E-state index contributed by atoms with van der Waals surface area (Å²) in [4.78, 5) is 29.0. The molecule has 0 aromatic heterocycles. The van der Waals surface area contributed by atoms with Crippen LogP contribution in [-0.2, 0) is 32.6 Å². The fraction of sp³-hybridized carbons (Fsp3) is 0.310. The molecule has 0 saturated carbocycles. The maximum atomic E-state index is 14.0. The van der Waals surface area contributed by atoms with Crippen molar-refractivity contribution in [3.63, 3.8) is 0 Å². The van der Waals surface area contributed by atoms with Crippen molar-refractivity contribution in [1.82, 2.24) is 10.2 Å². The molecule has 0 fully saturated rings. The number of anilines is 1. The summed E-state index contributed by atoms with van der Waals surface area (Å²) in [5.74, 6) is -0.750. The number of rotatable bonds is 11. The van der Waals surface area contributed by atoms with Crippen molar-refractivity contribution in [1.29, 1.82) is 0 Å². The Balaban J connectivity index is 2.05. The molecule has 3 rings (SSSR count). The molecular weight excluding hydrogens is 613 g/mol. The number of hydrogen-bond donors (Lipinski definition) is 1. The third-order valence-electron chi connectivity index (χ3n) is 5.93. The Labute approximate surface area is 239 Å². The minimum atomic E-state index is -3.78. The number of carbonyl (C=O) groups excluding carboxylic acids is 2. The number of sulfonamides is 1. The van der Waals surface area contributed by atoms with Crippen LogP contribution in [0.1, 0.15) is 30.5 Å². The van der Waals surface area contributed by atoms with E-state index in [9.17, 15) is 18.0 Å². The van der Waals surface area contributed by atoms with Crippen LogP contribution in [0.4, 0.5) is 5.69 Å². The van der Waals surface area contributed by atoms with Crippen LogP contribution in [0.15, 0.2) is 78.9 Å². The predicted octanol–water partition coefficient (Wildman–Crippen LogP) is 4.53. The molecule has 38 heavy (non-hydrogen) atoms. The summed E-state index contributed by atoms with van der Waals surface area (Å²) in [6.45, 7) is 5.43. The molecule has 0 aliphatic rings. The summed E-state index contributed by atoms with van der Waals surface area (Å²) >= 11 is 2.14. The molecule has 0 saturated heterocycles. The van der Waals surface area contributed by atoms with E-state index in [4.69, 9.17) is 0 Å². The van der Waals surface area contributed by atoms with Crippen molar-refractivity contribution in [2.75, 3.05) is 17.1 Å². The van der Waals surface area contributed by atoms with E-state index in [2.05, 4.69) is 27.9 Å². The Kier molecular flexibility index (Phi) is 10.3. The van der Waals surface area contributed by atoms with Crippen LogP contribution in [0.5, 0.6) is 0 Å². The molecule has 1 N–H and O–H groups in total. The summed E-state index contributed by atoms with van der Waals surface area (Å²) in [7, 11) is -3.78. The topological polar surface area (TPSA) is 86.8 Å². The van der Waals surface area contributed by atoms with Crippen LogP contribution in [0, 0.1) is 10.5 Å². The number of aryl methyl sites for hydroxylation is 1. The van der Waals surface area contributed by atoms with Gasteiger partial charge in [0.2, 0.25) is 21.8 Å². The van der Waals surface area contributed by atoms with Crippen molar-refractivity contribution in [3.05, 3.63) is 99.1 Å². The lowest BCUT2D eigenvalue weighted by Crippen LogP contribution is -2.54. The third kappa shape index (κ3) is 8.56. The Morgan fingerprint density at radius 1 is 0.921 bits per heavy atom. The van der Waals surface area contributed by atoms with E-state index in [1.807, 2.05) is 75.4 Å². The normalized spacial score (nSPS) is 12.2. The van der Waals surface area contributed by atoms with E-state index in [-0.39, 0.29) is 18.5 Å². The molecule has 1 atom stereocenters. The zero-order chi connectivity index (χ0) is 27.9. The van der Waals surface area contributed by atoms with Gasteiger partial charge in [-0.05, 0) is 78.8 Å². The Morgan fingerprint density at radius 2 is 1.55 bits per heavy atom. The largest absolute Gasteiger partial charge is 0.352 e. The van der Waals surface area contributed by atoms with E-state index >= 15 is 0 Å². The Morgan fingerprint density at radius 3 is 2.13 bits per heavy atom. The summed E-state index contributed by atoms with van der Waals surface area (Å²) in [5.41, 5.74) is 3.17. The number of nitrogens with zero attached hydrogens (tertiary/aromatic N) is 2. The molecule has 0 unspecified atom stereocenters. The number of nitrogens with one attached hydrogen (secondary N) is 1. The van der Waals surface area contributed by atoms with Crippen molar-refractivity contribution in [3.8, 4) is 0 Å². The number of benzene rings is 3. The molecule has 9 heteroatoms. The van der Waals surface area contributed by atoms with Crippen LogP contribution in [-0.4, -0.2) is 50.0 Å². The Bertz CT molecular complexity index is 1350. The van der Waals surface area contributed by atoms with E-state index in [1.54, 1.807) is 24.3 Å². The van der Waals surface area contributed by atoms with Gasteiger partial charge in [0, 0.05) is 22.6 Å². The van der Waals surface area contributed by atoms with Crippen LogP contribution >= 0.6 is 22.6 Å². The molecule has 0 bridgehead atoms. The van der Waals surface area contributed by atoms with Gasteiger partial charge < -0.3 is 10.2 Å². The van der Waals surface area contributed by atoms with Crippen molar-refractivity contribution < 1.29 is 18.0 Å². The molecule has 3 aromatic rings. The number of carbonyl (C=O) groups is 2. The average molecular weight is 648 g/mol. The molecule has 2 amide bonds. The highest BCUT2D eigenvalue weighted by Crippen LogP contribution is 2.21. The second-order valence-corrected chi connectivity index (χ2v) is 12.8. The zero-order valence-corrected chi connectivity index (χ0v) is 25.1. The van der Waals surface area contributed by atoms with Gasteiger partial charge in [-0.25, -0.2) is 8.42 Å². The molecule has 202 valence electrons. The van der Waals surface area contributed by atoms with Crippen molar-refractivity contribution in [2.45, 2.75) is 45.8 Å². The van der Waals surface area contributed by atoms with Gasteiger partial charge in [-0.3, -0.25) is 13.9 Å². The van der Waals surface area contributed by atoms with Gasteiger partial charge in [0.1, 0.15) is 12.6 Å². The minimum Gasteiger partial charge on any atom is -0.352 e. The molecular formula is C29H34IN3O4S. The quantitative estimate of drug-likeness (QED) is 0.310. The maximum Gasteiger partial charge on any atom is 0.244 e. The molecule has 7 nitrogen and oxygen atoms in total. The fourth-order valence-corrected chi connectivity index (χ4v) is 5.37. The highest BCUT2D eigenvalue weighted by molar-refractivity contribution is 14.1. The van der Waals surface area contributed by atoms with Crippen molar-refractivity contribution in [2.24, 2.45) is 0 Å². The van der Waals surface area contributed by atoms with E-state index in [0.29, 0.717) is 12.1 Å². The lowest BCUT2D eigenvalue weighted by molar-refractivity contribution is -0.140. The molecule has 3 aromatic carbocycles. The van der Waals surface area contributed by atoms with Gasteiger partial charge in [0.15, 0.2) is 0 Å². The lowest BCUT2D eigenvalue weighted by Gasteiger charge is -2.34. The third-order valence-corrected chi connectivity index (χ3v) is 7.79. The van der Waals surface area contributed by atoms with Gasteiger partial charge in [-0.1, -0.05) is 60.2 Å². The van der Waals surface area contributed by atoms with Crippen LogP contribution < -0.4 is 9.62 Å².